The molecule has 0 amide bonds. The third-order valence-electron chi connectivity index (χ3n) is 4.60. The summed E-state index contributed by atoms with van der Waals surface area (Å²) in [6, 6.07) is 11.6. The van der Waals surface area contributed by atoms with Gasteiger partial charge in [-0.3, -0.25) is 4.79 Å². The van der Waals surface area contributed by atoms with Gasteiger partial charge in [0, 0.05) is 16.3 Å². The molecule has 0 bridgehead atoms. The van der Waals surface area contributed by atoms with E-state index in [1.165, 1.54) is 11.3 Å². The number of hydrogen-bond donors (Lipinski definition) is 1. The van der Waals surface area contributed by atoms with Crippen LogP contribution in [0, 0.1) is 6.92 Å². The quantitative estimate of drug-likeness (QED) is 0.312. The number of nitrogens with one attached hydrogen (secondary N) is 1. The number of para-hydroxylation sites is 1. The van der Waals surface area contributed by atoms with Crippen LogP contribution >= 0.6 is 23.1 Å². The van der Waals surface area contributed by atoms with Gasteiger partial charge >= 0.3 is 0 Å². The summed E-state index contributed by atoms with van der Waals surface area (Å²) in [5.74, 6) is 2.01. The van der Waals surface area contributed by atoms with E-state index in [0.717, 1.165) is 27.3 Å². The highest BCUT2D eigenvalue weighted by Gasteiger charge is 2.19. The summed E-state index contributed by atoms with van der Waals surface area (Å²) in [5.41, 5.74) is 1.52. The number of H-pyrrole nitrogens is 1. The summed E-state index contributed by atoms with van der Waals surface area (Å²) in [7, 11) is 0. The molecule has 4 heterocycles. The van der Waals surface area contributed by atoms with E-state index >= 15 is 0 Å². The van der Waals surface area contributed by atoms with E-state index in [-0.39, 0.29) is 10.8 Å². The molecule has 5 aromatic rings. The molecule has 0 saturated heterocycles. The summed E-state index contributed by atoms with van der Waals surface area (Å²) in [4.78, 5) is 30.3. The van der Waals surface area contributed by atoms with Gasteiger partial charge in [-0.25, -0.2) is 15.0 Å². The molecule has 1 atom stereocenters. The summed E-state index contributed by atoms with van der Waals surface area (Å²) in [5, 5.41) is 4.27. The highest BCUT2D eigenvalue weighted by atomic mass is 32.2. The predicted molar refractivity (Wildman–Crippen MR) is 116 cm³/mol. The zero-order chi connectivity index (χ0) is 20.0. The Bertz CT molecular complexity index is 1390. The third kappa shape index (κ3) is 3.24. The lowest BCUT2D eigenvalue weighted by atomic mass is 10.2. The van der Waals surface area contributed by atoms with Crippen LogP contribution in [-0.2, 0) is 0 Å². The second-order valence-electron chi connectivity index (χ2n) is 6.61. The van der Waals surface area contributed by atoms with Crippen LogP contribution in [0.25, 0.3) is 32.4 Å². The number of thiophene rings is 1. The highest BCUT2D eigenvalue weighted by molar-refractivity contribution is 7.99. The van der Waals surface area contributed by atoms with Crippen molar-refractivity contribution in [3.63, 3.8) is 0 Å². The number of nitrogens with zero attached hydrogens (tertiary/aromatic N) is 3. The molecule has 1 N–H and O–H groups in total. The maximum atomic E-state index is 12.8. The van der Waals surface area contributed by atoms with Crippen LogP contribution in [0.3, 0.4) is 0 Å². The fourth-order valence-corrected chi connectivity index (χ4v) is 5.22. The van der Waals surface area contributed by atoms with Gasteiger partial charge in [-0.1, -0.05) is 30.0 Å². The van der Waals surface area contributed by atoms with Crippen molar-refractivity contribution in [2.45, 2.75) is 24.1 Å². The Hall–Kier alpha value is -2.97. The molecule has 8 heteroatoms. The predicted octanol–water partition coefficient (Wildman–Crippen LogP) is 5.35. The van der Waals surface area contributed by atoms with Gasteiger partial charge in [-0.2, -0.15) is 0 Å². The lowest BCUT2D eigenvalue weighted by Crippen LogP contribution is -2.12. The molecule has 0 aliphatic heterocycles. The van der Waals surface area contributed by atoms with E-state index in [4.69, 9.17) is 9.40 Å². The fraction of sp³-hybridized carbons (Fsp3) is 0.143. The first-order valence-corrected chi connectivity index (χ1v) is 10.8. The van der Waals surface area contributed by atoms with Crippen LogP contribution in [0.4, 0.5) is 0 Å². The monoisotopic (exact) mass is 420 g/mol. The minimum atomic E-state index is -0.158. The van der Waals surface area contributed by atoms with Crippen LogP contribution in [0.2, 0.25) is 0 Å². The SMILES string of the molecule is Cc1nc(SC(C)c2nc3scc(-c4ccco4)c3c(=O)[nH]2)c2ccccc2n1. The normalized spacial score (nSPS) is 12.6. The Labute approximate surface area is 174 Å². The summed E-state index contributed by atoms with van der Waals surface area (Å²) < 4.78 is 5.46. The summed E-state index contributed by atoms with van der Waals surface area (Å²) >= 11 is 3.01. The third-order valence-corrected chi connectivity index (χ3v) is 6.59. The molecule has 6 nitrogen and oxygen atoms in total. The topological polar surface area (TPSA) is 84.7 Å². The minimum Gasteiger partial charge on any atom is -0.464 e. The zero-order valence-electron chi connectivity index (χ0n) is 15.7. The van der Waals surface area contributed by atoms with Crippen LogP contribution in [0.1, 0.15) is 23.8 Å². The number of benzene rings is 1. The van der Waals surface area contributed by atoms with Gasteiger partial charge in [0.1, 0.15) is 27.3 Å². The fourth-order valence-electron chi connectivity index (χ4n) is 3.24. The second kappa shape index (κ2) is 7.13. The Morgan fingerprint density at radius 3 is 2.83 bits per heavy atom. The smallest absolute Gasteiger partial charge is 0.260 e. The number of aryl methyl sites for hydroxylation is 1. The molecule has 29 heavy (non-hydrogen) atoms. The maximum absolute atomic E-state index is 12.8. The number of rotatable bonds is 4. The Balaban J connectivity index is 1.54. The minimum absolute atomic E-state index is 0.0843. The number of thioether (sulfide) groups is 1. The van der Waals surface area contributed by atoms with Gasteiger partial charge in [0.05, 0.1) is 22.4 Å². The van der Waals surface area contributed by atoms with Crippen LogP contribution < -0.4 is 5.56 Å². The molecule has 0 aliphatic rings. The number of aromatic amines is 1. The van der Waals surface area contributed by atoms with Gasteiger partial charge in [0.2, 0.25) is 0 Å². The number of fused-ring (bicyclic) bond motifs is 2. The average molecular weight is 421 g/mol. The first kappa shape index (κ1) is 18.1. The van der Waals surface area contributed by atoms with Gasteiger partial charge in [-0.05, 0) is 32.0 Å². The van der Waals surface area contributed by atoms with E-state index in [1.807, 2.05) is 55.6 Å². The molecule has 1 unspecified atom stereocenters. The average Bonchev–Trinajstić information content (AvgIpc) is 3.37. The van der Waals surface area contributed by atoms with Crippen molar-refractivity contribution in [3.8, 4) is 11.3 Å². The molecule has 0 spiro atoms. The largest absolute Gasteiger partial charge is 0.464 e. The number of furan rings is 1. The van der Waals surface area contributed by atoms with Crippen molar-refractivity contribution >= 4 is 44.2 Å². The number of hydrogen-bond acceptors (Lipinski definition) is 7. The van der Waals surface area contributed by atoms with E-state index in [0.29, 0.717) is 21.8 Å². The second-order valence-corrected chi connectivity index (χ2v) is 8.80. The van der Waals surface area contributed by atoms with Crippen molar-refractivity contribution in [2.75, 3.05) is 0 Å². The standard InChI is InChI=1S/C21H16N4O2S2/c1-11(29-20-13-6-3-4-7-15(13)22-12(2)23-20)18-24-19(26)17-14(10-28-21(17)25-18)16-8-5-9-27-16/h3-11H,1-2H3,(H,24,25,26). The lowest BCUT2D eigenvalue weighted by Gasteiger charge is -2.12. The Morgan fingerprint density at radius 2 is 2.00 bits per heavy atom. The maximum Gasteiger partial charge on any atom is 0.260 e. The first-order valence-electron chi connectivity index (χ1n) is 9.05. The Morgan fingerprint density at radius 1 is 1.14 bits per heavy atom. The zero-order valence-corrected chi connectivity index (χ0v) is 17.3. The van der Waals surface area contributed by atoms with E-state index < -0.39 is 0 Å². The lowest BCUT2D eigenvalue weighted by molar-refractivity contribution is 0.583. The molecule has 4 aromatic heterocycles. The van der Waals surface area contributed by atoms with Gasteiger partial charge in [0.25, 0.3) is 5.56 Å². The van der Waals surface area contributed by atoms with Crippen molar-refractivity contribution in [3.05, 3.63) is 70.0 Å². The molecule has 0 fully saturated rings. The van der Waals surface area contributed by atoms with Gasteiger partial charge in [0.15, 0.2) is 0 Å². The van der Waals surface area contributed by atoms with E-state index in [9.17, 15) is 4.79 Å². The van der Waals surface area contributed by atoms with Crippen molar-refractivity contribution in [1.82, 2.24) is 19.9 Å². The van der Waals surface area contributed by atoms with Crippen molar-refractivity contribution in [1.29, 1.82) is 0 Å². The molecule has 1 aromatic carbocycles. The molecular formula is C21H16N4O2S2. The van der Waals surface area contributed by atoms with Gasteiger partial charge < -0.3 is 9.40 Å². The first-order chi connectivity index (χ1) is 14.1. The van der Waals surface area contributed by atoms with Gasteiger partial charge in [-0.15, -0.1) is 11.3 Å². The van der Waals surface area contributed by atoms with Crippen LogP contribution in [0.15, 0.2) is 62.3 Å². The van der Waals surface area contributed by atoms with Crippen LogP contribution in [-0.4, -0.2) is 19.9 Å². The van der Waals surface area contributed by atoms with E-state index in [1.54, 1.807) is 18.0 Å². The molecular weight excluding hydrogens is 404 g/mol. The molecule has 5 rings (SSSR count). The Kier molecular flexibility index (Phi) is 4.44. The molecule has 144 valence electrons. The van der Waals surface area contributed by atoms with E-state index in [2.05, 4.69) is 15.0 Å². The van der Waals surface area contributed by atoms with Crippen molar-refractivity contribution in [2.24, 2.45) is 0 Å². The number of aromatic nitrogens is 4. The summed E-state index contributed by atoms with van der Waals surface area (Å²) in [6.45, 7) is 3.90. The highest BCUT2D eigenvalue weighted by Crippen LogP contribution is 2.37. The summed E-state index contributed by atoms with van der Waals surface area (Å²) in [6.07, 6.45) is 1.60. The molecule has 0 radical (unpaired) electrons. The van der Waals surface area contributed by atoms with Crippen molar-refractivity contribution < 1.29 is 4.42 Å². The van der Waals surface area contributed by atoms with Crippen LogP contribution in [0.5, 0.6) is 0 Å². The molecule has 0 saturated carbocycles. The molecule has 0 aliphatic carbocycles.